The van der Waals surface area contributed by atoms with Crippen LogP contribution in [0, 0.1) is 14.9 Å². The number of hydrogen-bond donors (Lipinski definition) is 0. The Morgan fingerprint density at radius 1 is 1.70 bits per heavy atom. The first kappa shape index (κ1) is 7.76. The Kier molecular flexibility index (Phi) is 2.46. The standard InChI is InChI=1S/C6H2ClIN2/c7-5-1-4(2-9)10-3-6(5)8/h1,3H. The minimum Gasteiger partial charge on any atom is -0.244 e. The van der Waals surface area contributed by atoms with Crippen LogP contribution in [0.3, 0.4) is 0 Å². The van der Waals surface area contributed by atoms with E-state index in [-0.39, 0.29) is 0 Å². The third kappa shape index (κ3) is 1.58. The summed E-state index contributed by atoms with van der Waals surface area (Å²) in [5.74, 6) is 0. The quantitative estimate of drug-likeness (QED) is 0.674. The highest BCUT2D eigenvalue weighted by molar-refractivity contribution is 14.1. The predicted molar refractivity (Wildman–Crippen MR) is 46.7 cm³/mol. The average molecular weight is 264 g/mol. The zero-order valence-electron chi connectivity index (χ0n) is 4.81. The zero-order valence-corrected chi connectivity index (χ0v) is 7.72. The minimum atomic E-state index is 0.352. The lowest BCUT2D eigenvalue weighted by Crippen LogP contribution is -1.83. The van der Waals surface area contributed by atoms with Gasteiger partial charge in [-0.25, -0.2) is 4.98 Å². The van der Waals surface area contributed by atoms with E-state index in [9.17, 15) is 0 Å². The van der Waals surface area contributed by atoms with Crippen molar-refractivity contribution < 1.29 is 0 Å². The SMILES string of the molecule is N#Cc1cc(Cl)c(I)cn1. The fourth-order valence-electron chi connectivity index (χ4n) is 0.475. The molecule has 0 amide bonds. The largest absolute Gasteiger partial charge is 0.244 e. The van der Waals surface area contributed by atoms with Crippen molar-refractivity contribution >= 4 is 34.2 Å². The summed E-state index contributed by atoms with van der Waals surface area (Å²) < 4.78 is 0.860. The predicted octanol–water partition coefficient (Wildman–Crippen LogP) is 2.21. The van der Waals surface area contributed by atoms with Gasteiger partial charge in [0, 0.05) is 6.20 Å². The Hall–Kier alpha value is -0.340. The van der Waals surface area contributed by atoms with Crippen molar-refractivity contribution in [2.24, 2.45) is 0 Å². The number of hydrogen-bond acceptors (Lipinski definition) is 2. The van der Waals surface area contributed by atoms with E-state index in [0.29, 0.717) is 10.7 Å². The van der Waals surface area contributed by atoms with Crippen LogP contribution in [-0.4, -0.2) is 4.98 Å². The van der Waals surface area contributed by atoms with Gasteiger partial charge in [-0.1, -0.05) is 11.6 Å². The van der Waals surface area contributed by atoms with Gasteiger partial charge in [-0.15, -0.1) is 0 Å². The molecule has 0 N–H and O–H groups in total. The molecule has 2 nitrogen and oxygen atoms in total. The van der Waals surface area contributed by atoms with Gasteiger partial charge in [-0.2, -0.15) is 5.26 Å². The van der Waals surface area contributed by atoms with E-state index in [1.54, 1.807) is 12.3 Å². The highest BCUT2D eigenvalue weighted by Crippen LogP contribution is 2.16. The van der Waals surface area contributed by atoms with Crippen molar-refractivity contribution in [1.82, 2.24) is 4.98 Å². The summed E-state index contributed by atoms with van der Waals surface area (Å²) in [6.45, 7) is 0. The highest BCUT2D eigenvalue weighted by atomic mass is 127. The molecule has 10 heavy (non-hydrogen) atoms. The number of nitriles is 1. The molecule has 0 atom stereocenters. The van der Waals surface area contributed by atoms with E-state index < -0.39 is 0 Å². The molecule has 0 aliphatic carbocycles. The topological polar surface area (TPSA) is 36.7 Å². The van der Waals surface area contributed by atoms with Gasteiger partial charge in [0.05, 0.1) is 8.59 Å². The monoisotopic (exact) mass is 264 g/mol. The maximum atomic E-state index is 8.38. The Bertz CT molecular complexity index is 292. The summed E-state index contributed by atoms with van der Waals surface area (Å²) in [7, 11) is 0. The van der Waals surface area contributed by atoms with Crippen molar-refractivity contribution in [1.29, 1.82) is 5.26 Å². The molecule has 0 bridgehead atoms. The molecular weight excluding hydrogens is 262 g/mol. The van der Waals surface area contributed by atoms with Crippen LogP contribution >= 0.6 is 34.2 Å². The fraction of sp³-hybridized carbons (Fsp3) is 0. The molecule has 0 radical (unpaired) electrons. The zero-order chi connectivity index (χ0) is 7.56. The number of aromatic nitrogens is 1. The van der Waals surface area contributed by atoms with Crippen LogP contribution in [0.15, 0.2) is 12.3 Å². The van der Waals surface area contributed by atoms with E-state index in [1.165, 1.54) is 0 Å². The molecule has 50 valence electrons. The Balaban J connectivity index is 3.20. The molecule has 0 unspecified atom stereocenters. The van der Waals surface area contributed by atoms with Crippen LogP contribution in [0.5, 0.6) is 0 Å². The van der Waals surface area contributed by atoms with E-state index in [1.807, 2.05) is 6.07 Å². The van der Waals surface area contributed by atoms with Crippen LogP contribution in [-0.2, 0) is 0 Å². The van der Waals surface area contributed by atoms with Crippen LogP contribution in [0.2, 0.25) is 5.02 Å². The summed E-state index contributed by atoms with van der Waals surface area (Å²) >= 11 is 7.75. The molecule has 0 aliphatic rings. The first-order chi connectivity index (χ1) is 4.74. The molecular formula is C6H2ClIN2. The third-order valence-corrected chi connectivity index (χ3v) is 2.41. The van der Waals surface area contributed by atoms with Gasteiger partial charge in [0.25, 0.3) is 0 Å². The van der Waals surface area contributed by atoms with E-state index >= 15 is 0 Å². The van der Waals surface area contributed by atoms with Crippen molar-refractivity contribution in [3.05, 3.63) is 26.5 Å². The van der Waals surface area contributed by atoms with Crippen LogP contribution in [0.25, 0.3) is 0 Å². The molecule has 4 heteroatoms. The van der Waals surface area contributed by atoms with Crippen LogP contribution in [0.4, 0.5) is 0 Å². The maximum absolute atomic E-state index is 8.38. The molecule has 1 rings (SSSR count). The molecule has 0 saturated heterocycles. The summed E-state index contributed by atoms with van der Waals surface area (Å²) in [6.07, 6.45) is 1.57. The molecule has 0 aromatic carbocycles. The second kappa shape index (κ2) is 3.17. The molecule has 1 aromatic rings. The van der Waals surface area contributed by atoms with Crippen LogP contribution < -0.4 is 0 Å². The number of pyridine rings is 1. The highest BCUT2D eigenvalue weighted by Gasteiger charge is 1.97. The van der Waals surface area contributed by atoms with Crippen LogP contribution in [0.1, 0.15) is 5.69 Å². The van der Waals surface area contributed by atoms with Gasteiger partial charge < -0.3 is 0 Å². The number of nitrogens with zero attached hydrogens (tertiary/aromatic N) is 2. The number of rotatable bonds is 0. The number of halogens is 2. The smallest absolute Gasteiger partial charge is 0.141 e. The van der Waals surface area contributed by atoms with Gasteiger partial charge in [-0.3, -0.25) is 0 Å². The van der Waals surface area contributed by atoms with Gasteiger partial charge in [0.15, 0.2) is 0 Å². The summed E-state index contributed by atoms with van der Waals surface area (Å²) in [4.78, 5) is 3.80. The summed E-state index contributed by atoms with van der Waals surface area (Å²) in [5.41, 5.74) is 0.352. The molecule has 1 heterocycles. The van der Waals surface area contributed by atoms with Crippen molar-refractivity contribution in [3.63, 3.8) is 0 Å². The third-order valence-electron chi connectivity index (χ3n) is 0.923. The van der Waals surface area contributed by atoms with Gasteiger partial charge in [0.2, 0.25) is 0 Å². The lowest BCUT2D eigenvalue weighted by atomic mass is 10.4. The Morgan fingerprint density at radius 3 is 2.90 bits per heavy atom. The van der Waals surface area contributed by atoms with Gasteiger partial charge in [0.1, 0.15) is 11.8 Å². The lowest BCUT2D eigenvalue weighted by molar-refractivity contribution is 1.25. The first-order valence-corrected chi connectivity index (χ1v) is 3.91. The van der Waals surface area contributed by atoms with E-state index in [4.69, 9.17) is 16.9 Å². The van der Waals surface area contributed by atoms with Crippen molar-refractivity contribution in [2.75, 3.05) is 0 Å². The van der Waals surface area contributed by atoms with Gasteiger partial charge >= 0.3 is 0 Å². The second-order valence-corrected chi connectivity index (χ2v) is 3.16. The van der Waals surface area contributed by atoms with E-state index in [2.05, 4.69) is 27.6 Å². The average Bonchev–Trinajstić information content (AvgIpc) is 1.95. The summed E-state index contributed by atoms with van der Waals surface area (Å²) in [5, 5.41) is 8.96. The first-order valence-electron chi connectivity index (χ1n) is 2.45. The van der Waals surface area contributed by atoms with Crippen molar-refractivity contribution in [3.8, 4) is 6.07 Å². The second-order valence-electron chi connectivity index (χ2n) is 1.60. The van der Waals surface area contributed by atoms with Gasteiger partial charge in [-0.05, 0) is 28.7 Å². The Labute approximate surface area is 77.0 Å². The lowest BCUT2D eigenvalue weighted by Gasteiger charge is -1.92. The molecule has 0 saturated carbocycles. The minimum absolute atomic E-state index is 0.352. The Morgan fingerprint density at radius 2 is 2.40 bits per heavy atom. The molecule has 0 aliphatic heterocycles. The molecule has 0 fully saturated rings. The molecule has 0 spiro atoms. The van der Waals surface area contributed by atoms with Crippen molar-refractivity contribution in [2.45, 2.75) is 0 Å². The van der Waals surface area contributed by atoms with E-state index in [0.717, 1.165) is 3.57 Å². The normalized spacial score (nSPS) is 8.90. The fourth-order valence-corrected chi connectivity index (χ4v) is 0.922. The summed E-state index contributed by atoms with van der Waals surface area (Å²) in [6, 6.07) is 3.44. The molecule has 1 aromatic heterocycles. The maximum Gasteiger partial charge on any atom is 0.141 e.